The van der Waals surface area contributed by atoms with Crippen molar-refractivity contribution in [1.82, 2.24) is 5.32 Å². The molecule has 0 fully saturated rings. The topological polar surface area (TPSA) is 67.5 Å². The van der Waals surface area contributed by atoms with Gasteiger partial charge >= 0.3 is 0 Å². The van der Waals surface area contributed by atoms with Crippen molar-refractivity contribution < 1.29 is 9.84 Å². The first kappa shape index (κ1) is 13.1. The summed E-state index contributed by atoms with van der Waals surface area (Å²) in [6, 6.07) is 5.02. The number of aliphatic hydroxyl groups is 1. The van der Waals surface area contributed by atoms with Gasteiger partial charge < -0.3 is 20.9 Å². The van der Waals surface area contributed by atoms with Crippen LogP contribution in [0.3, 0.4) is 0 Å². The average molecular weight is 245 g/mol. The molecule has 4 N–H and O–H groups in total. The minimum atomic E-state index is -0.548. The monoisotopic (exact) mass is 244 g/mol. The minimum Gasteiger partial charge on any atom is -0.489 e. The molecule has 0 aromatic heterocycles. The molecule has 90 valence electrons. The molecule has 0 amide bonds. The van der Waals surface area contributed by atoms with Crippen molar-refractivity contribution in [2.45, 2.75) is 13.0 Å². The molecule has 0 aliphatic heterocycles. The van der Waals surface area contributed by atoms with Gasteiger partial charge in [-0.1, -0.05) is 18.5 Å². The zero-order valence-electron chi connectivity index (χ0n) is 9.24. The highest BCUT2D eigenvalue weighted by molar-refractivity contribution is 6.32. The van der Waals surface area contributed by atoms with Crippen LogP contribution >= 0.6 is 11.6 Å². The van der Waals surface area contributed by atoms with Crippen molar-refractivity contribution in [3.05, 3.63) is 23.2 Å². The minimum absolute atomic E-state index is 0.205. The van der Waals surface area contributed by atoms with Gasteiger partial charge in [-0.05, 0) is 24.7 Å². The lowest BCUT2D eigenvalue weighted by Crippen LogP contribution is -2.31. The fraction of sp³-hybridized carbons (Fsp3) is 0.455. The normalized spacial score (nSPS) is 12.4. The molecule has 0 saturated heterocycles. The van der Waals surface area contributed by atoms with E-state index in [0.717, 1.165) is 6.54 Å². The van der Waals surface area contributed by atoms with Gasteiger partial charge in [-0.15, -0.1) is 0 Å². The van der Waals surface area contributed by atoms with Crippen LogP contribution < -0.4 is 15.8 Å². The molecule has 4 nitrogen and oxygen atoms in total. The van der Waals surface area contributed by atoms with Crippen LogP contribution in [0.2, 0.25) is 5.02 Å². The largest absolute Gasteiger partial charge is 0.489 e. The zero-order chi connectivity index (χ0) is 12.0. The highest BCUT2D eigenvalue weighted by Gasteiger charge is 2.06. The molecular formula is C11H17ClN2O2. The van der Waals surface area contributed by atoms with Crippen LogP contribution in [0.4, 0.5) is 5.69 Å². The van der Waals surface area contributed by atoms with Gasteiger partial charge in [0, 0.05) is 12.2 Å². The molecular weight excluding hydrogens is 228 g/mol. The van der Waals surface area contributed by atoms with Gasteiger partial charge in [-0.3, -0.25) is 0 Å². The van der Waals surface area contributed by atoms with Gasteiger partial charge in [-0.25, -0.2) is 0 Å². The Balaban J connectivity index is 2.42. The van der Waals surface area contributed by atoms with E-state index in [-0.39, 0.29) is 6.61 Å². The number of aliphatic hydroxyl groups excluding tert-OH is 1. The van der Waals surface area contributed by atoms with Gasteiger partial charge in [0.25, 0.3) is 0 Å². The van der Waals surface area contributed by atoms with Crippen LogP contribution in [0.25, 0.3) is 0 Å². The number of hydrogen-bond donors (Lipinski definition) is 3. The number of benzene rings is 1. The number of anilines is 1. The number of nitrogens with one attached hydrogen (secondary N) is 1. The van der Waals surface area contributed by atoms with E-state index in [1.807, 2.05) is 6.92 Å². The Labute approximate surface area is 100 Å². The summed E-state index contributed by atoms with van der Waals surface area (Å²) in [6.07, 6.45) is -0.548. The zero-order valence-corrected chi connectivity index (χ0v) is 10.00. The first-order chi connectivity index (χ1) is 7.63. The maximum atomic E-state index is 9.53. The molecule has 0 radical (unpaired) electrons. The van der Waals surface area contributed by atoms with E-state index in [1.165, 1.54) is 0 Å². The first-order valence-corrected chi connectivity index (χ1v) is 5.58. The molecule has 1 unspecified atom stereocenters. The molecule has 1 aromatic rings. The molecule has 0 aliphatic carbocycles. The number of hydrogen-bond acceptors (Lipinski definition) is 4. The lowest BCUT2D eigenvalue weighted by Gasteiger charge is -2.13. The van der Waals surface area contributed by atoms with E-state index in [4.69, 9.17) is 22.1 Å². The van der Waals surface area contributed by atoms with Crippen LogP contribution in [-0.4, -0.2) is 30.9 Å². The maximum absolute atomic E-state index is 9.53. The van der Waals surface area contributed by atoms with Crippen molar-refractivity contribution in [3.8, 4) is 5.75 Å². The number of ether oxygens (including phenoxy) is 1. The predicted molar refractivity (Wildman–Crippen MR) is 65.9 cm³/mol. The molecule has 5 heteroatoms. The van der Waals surface area contributed by atoms with Crippen LogP contribution in [0.15, 0.2) is 18.2 Å². The Morgan fingerprint density at radius 1 is 1.56 bits per heavy atom. The molecule has 0 saturated carbocycles. The highest BCUT2D eigenvalue weighted by Crippen LogP contribution is 2.26. The fourth-order valence-corrected chi connectivity index (χ4v) is 1.43. The summed E-state index contributed by atoms with van der Waals surface area (Å²) in [5.74, 6) is 0.534. The SMILES string of the molecule is CCNCC(O)COc1ccc(N)cc1Cl. The molecule has 1 aromatic carbocycles. The van der Waals surface area contributed by atoms with E-state index < -0.39 is 6.10 Å². The standard InChI is InChI=1S/C11H17ClN2O2/c1-2-14-6-9(15)7-16-11-4-3-8(13)5-10(11)12/h3-5,9,14-15H,2,6-7,13H2,1H3. The Bertz CT molecular complexity index is 334. The van der Waals surface area contributed by atoms with Crippen LogP contribution in [0.5, 0.6) is 5.75 Å². The second kappa shape index (κ2) is 6.58. The summed E-state index contributed by atoms with van der Waals surface area (Å²) in [6.45, 7) is 3.50. The van der Waals surface area contributed by atoms with Crippen molar-refractivity contribution in [1.29, 1.82) is 0 Å². The number of nitrogen functional groups attached to an aromatic ring is 1. The lowest BCUT2D eigenvalue weighted by molar-refractivity contribution is 0.107. The molecule has 1 atom stereocenters. The Morgan fingerprint density at radius 2 is 2.31 bits per heavy atom. The van der Waals surface area contributed by atoms with Gasteiger partial charge in [0.15, 0.2) is 0 Å². The molecule has 0 bridgehead atoms. The van der Waals surface area contributed by atoms with E-state index >= 15 is 0 Å². The summed E-state index contributed by atoms with van der Waals surface area (Å²) in [5, 5.41) is 13.0. The molecule has 0 spiro atoms. The maximum Gasteiger partial charge on any atom is 0.138 e. The molecule has 0 aliphatic rings. The van der Waals surface area contributed by atoms with Gasteiger partial charge in [0.05, 0.1) is 5.02 Å². The smallest absolute Gasteiger partial charge is 0.138 e. The van der Waals surface area contributed by atoms with E-state index in [2.05, 4.69) is 5.32 Å². The quantitative estimate of drug-likeness (QED) is 0.660. The van der Waals surface area contributed by atoms with Crippen LogP contribution in [-0.2, 0) is 0 Å². The lowest BCUT2D eigenvalue weighted by atomic mass is 10.3. The third kappa shape index (κ3) is 4.26. The summed E-state index contributed by atoms with van der Waals surface area (Å²) in [5.41, 5.74) is 6.14. The number of likely N-dealkylation sites (N-methyl/N-ethyl adjacent to an activating group) is 1. The summed E-state index contributed by atoms with van der Waals surface area (Å²) < 4.78 is 5.37. The molecule has 16 heavy (non-hydrogen) atoms. The summed E-state index contributed by atoms with van der Waals surface area (Å²) in [7, 11) is 0. The van der Waals surface area contributed by atoms with Crippen molar-refractivity contribution >= 4 is 17.3 Å². The van der Waals surface area contributed by atoms with Gasteiger partial charge in [-0.2, -0.15) is 0 Å². The predicted octanol–water partition coefficient (Wildman–Crippen LogP) is 1.27. The van der Waals surface area contributed by atoms with E-state index in [1.54, 1.807) is 18.2 Å². The van der Waals surface area contributed by atoms with Crippen molar-refractivity contribution in [2.75, 3.05) is 25.4 Å². The Morgan fingerprint density at radius 3 is 2.94 bits per heavy atom. The van der Waals surface area contributed by atoms with Crippen molar-refractivity contribution in [3.63, 3.8) is 0 Å². The third-order valence-electron chi connectivity index (χ3n) is 2.02. The van der Waals surface area contributed by atoms with Crippen LogP contribution in [0.1, 0.15) is 6.92 Å². The number of nitrogens with two attached hydrogens (primary N) is 1. The Kier molecular flexibility index (Phi) is 5.38. The summed E-state index contributed by atoms with van der Waals surface area (Å²) >= 11 is 5.92. The highest BCUT2D eigenvalue weighted by atomic mass is 35.5. The number of rotatable bonds is 6. The molecule has 1 rings (SSSR count). The second-order valence-corrected chi connectivity index (χ2v) is 3.87. The average Bonchev–Trinajstić information content (AvgIpc) is 2.25. The summed E-state index contributed by atoms with van der Waals surface area (Å²) in [4.78, 5) is 0. The van der Waals surface area contributed by atoms with Gasteiger partial charge in [0.2, 0.25) is 0 Å². The fourth-order valence-electron chi connectivity index (χ4n) is 1.19. The van der Waals surface area contributed by atoms with Gasteiger partial charge in [0.1, 0.15) is 18.5 Å². The second-order valence-electron chi connectivity index (χ2n) is 3.46. The molecule has 0 heterocycles. The van der Waals surface area contributed by atoms with Crippen molar-refractivity contribution in [2.24, 2.45) is 0 Å². The number of halogens is 1. The van der Waals surface area contributed by atoms with E-state index in [0.29, 0.717) is 23.0 Å². The Hall–Kier alpha value is -0.970. The van der Waals surface area contributed by atoms with Crippen LogP contribution in [0, 0.1) is 0 Å². The first-order valence-electron chi connectivity index (χ1n) is 5.20. The third-order valence-corrected chi connectivity index (χ3v) is 2.31. The van der Waals surface area contributed by atoms with E-state index in [9.17, 15) is 5.11 Å².